The van der Waals surface area contributed by atoms with Gasteiger partial charge in [-0.05, 0) is 19.9 Å². The Labute approximate surface area is 141 Å². The summed E-state index contributed by atoms with van der Waals surface area (Å²) < 4.78 is 26.3. The summed E-state index contributed by atoms with van der Waals surface area (Å²) >= 11 is 0. The van der Waals surface area contributed by atoms with Gasteiger partial charge in [0.1, 0.15) is 0 Å². The molecule has 2 aromatic rings. The van der Waals surface area contributed by atoms with Gasteiger partial charge in [0.05, 0.1) is 22.9 Å². The van der Waals surface area contributed by atoms with Crippen LogP contribution in [0.25, 0.3) is 11.0 Å². The number of aryl methyl sites for hydroxylation is 3. The molecule has 2 aromatic heterocycles. The zero-order valence-corrected chi connectivity index (χ0v) is 15.1. The molecule has 0 spiro atoms. The van der Waals surface area contributed by atoms with Crippen molar-refractivity contribution in [1.82, 2.24) is 24.0 Å². The number of carbonyl (C=O) groups excluding carboxylic acids is 1. The number of hydrogen-bond acceptors (Lipinski definition) is 5. The smallest absolute Gasteiger partial charge is 0.254 e. The molecule has 1 amide bonds. The first-order valence-electron chi connectivity index (χ1n) is 7.74. The van der Waals surface area contributed by atoms with Gasteiger partial charge < -0.3 is 4.90 Å². The number of sulfonamides is 1. The average Bonchev–Trinajstić information content (AvgIpc) is 2.79. The number of amides is 1. The molecule has 9 heteroatoms. The summed E-state index contributed by atoms with van der Waals surface area (Å²) in [6, 6.07) is 1.78. The van der Waals surface area contributed by atoms with Gasteiger partial charge in [-0.25, -0.2) is 13.4 Å². The predicted molar refractivity (Wildman–Crippen MR) is 90.3 cm³/mol. The Morgan fingerprint density at radius 3 is 2.38 bits per heavy atom. The molecule has 8 nitrogen and oxygen atoms in total. The van der Waals surface area contributed by atoms with E-state index in [1.807, 2.05) is 13.8 Å². The first-order chi connectivity index (χ1) is 11.2. The monoisotopic (exact) mass is 351 g/mol. The highest BCUT2D eigenvalue weighted by Crippen LogP contribution is 2.23. The maximum atomic E-state index is 13.0. The van der Waals surface area contributed by atoms with E-state index in [4.69, 9.17) is 0 Å². The molecule has 0 unspecified atom stereocenters. The molecule has 130 valence electrons. The van der Waals surface area contributed by atoms with Crippen molar-refractivity contribution in [2.75, 3.05) is 32.4 Å². The van der Waals surface area contributed by atoms with Crippen LogP contribution in [0.5, 0.6) is 0 Å². The number of fused-ring (bicyclic) bond motifs is 1. The Morgan fingerprint density at radius 2 is 1.79 bits per heavy atom. The minimum atomic E-state index is -3.21. The van der Waals surface area contributed by atoms with Crippen molar-refractivity contribution in [3.63, 3.8) is 0 Å². The van der Waals surface area contributed by atoms with E-state index in [-0.39, 0.29) is 5.91 Å². The van der Waals surface area contributed by atoms with Gasteiger partial charge in [-0.1, -0.05) is 0 Å². The van der Waals surface area contributed by atoms with Gasteiger partial charge in [-0.15, -0.1) is 0 Å². The normalized spacial score (nSPS) is 16.8. The van der Waals surface area contributed by atoms with Gasteiger partial charge >= 0.3 is 0 Å². The van der Waals surface area contributed by atoms with Crippen LogP contribution in [0.3, 0.4) is 0 Å². The summed E-state index contributed by atoms with van der Waals surface area (Å²) in [6.45, 7) is 5.12. The highest BCUT2D eigenvalue weighted by molar-refractivity contribution is 7.88. The summed E-state index contributed by atoms with van der Waals surface area (Å²) in [5, 5.41) is 5.12. The molecule has 0 saturated carbocycles. The molecule has 1 aliphatic rings. The van der Waals surface area contributed by atoms with Crippen molar-refractivity contribution in [3.8, 4) is 0 Å². The van der Waals surface area contributed by atoms with Crippen molar-refractivity contribution in [1.29, 1.82) is 0 Å². The van der Waals surface area contributed by atoms with Gasteiger partial charge in [0, 0.05) is 38.9 Å². The van der Waals surface area contributed by atoms with Crippen molar-refractivity contribution in [2.24, 2.45) is 7.05 Å². The number of aromatic nitrogens is 3. The topological polar surface area (TPSA) is 88.4 Å². The average molecular weight is 351 g/mol. The first kappa shape index (κ1) is 16.8. The van der Waals surface area contributed by atoms with Crippen LogP contribution < -0.4 is 0 Å². The van der Waals surface area contributed by atoms with E-state index in [1.165, 1.54) is 10.6 Å². The van der Waals surface area contributed by atoms with Crippen LogP contribution in [0.1, 0.15) is 21.7 Å². The minimum Gasteiger partial charge on any atom is -0.336 e. The van der Waals surface area contributed by atoms with Crippen LogP contribution >= 0.6 is 0 Å². The Kier molecular flexibility index (Phi) is 4.08. The van der Waals surface area contributed by atoms with Gasteiger partial charge in [-0.2, -0.15) is 9.40 Å². The van der Waals surface area contributed by atoms with Crippen LogP contribution in [-0.2, 0) is 17.1 Å². The van der Waals surface area contributed by atoms with Gasteiger partial charge in [0.25, 0.3) is 5.91 Å². The fourth-order valence-electron chi connectivity index (χ4n) is 3.13. The lowest BCUT2D eigenvalue weighted by molar-refractivity contribution is 0.0700. The van der Waals surface area contributed by atoms with E-state index in [1.54, 1.807) is 22.7 Å². The molecular weight excluding hydrogens is 330 g/mol. The molecule has 1 saturated heterocycles. The van der Waals surface area contributed by atoms with E-state index in [0.717, 1.165) is 16.8 Å². The highest BCUT2D eigenvalue weighted by atomic mass is 32.2. The van der Waals surface area contributed by atoms with Crippen LogP contribution in [0, 0.1) is 13.8 Å². The number of rotatable bonds is 2. The summed E-state index contributed by atoms with van der Waals surface area (Å²) in [6.07, 6.45) is 1.19. The lowest BCUT2D eigenvalue weighted by Gasteiger charge is -2.33. The third-order valence-electron chi connectivity index (χ3n) is 4.32. The number of piperazine rings is 1. The number of hydrogen-bond donors (Lipinski definition) is 0. The van der Waals surface area contributed by atoms with E-state index >= 15 is 0 Å². The van der Waals surface area contributed by atoms with Gasteiger partial charge in [0.15, 0.2) is 5.65 Å². The zero-order valence-electron chi connectivity index (χ0n) is 14.3. The molecule has 3 rings (SSSR count). The number of carbonyl (C=O) groups is 1. The molecule has 24 heavy (non-hydrogen) atoms. The Hall–Kier alpha value is -2.00. The lowest BCUT2D eigenvalue weighted by atomic mass is 10.1. The molecule has 3 heterocycles. The second-order valence-corrected chi connectivity index (χ2v) is 8.16. The van der Waals surface area contributed by atoms with Crippen LogP contribution in [0.4, 0.5) is 0 Å². The predicted octanol–water partition coefficient (Wildman–Crippen LogP) is 0.303. The molecule has 1 fully saturated rings. The fraction of sp³-hybridized carbons (Fsp3) is 0.533. The van der Waals surface area contributed by atoms with E-state index in [9.17, 15) is 13.2 Å². The lowest BCUT2D eigenvalue weighted by Crippen LogP contribution is -2.50. The summed E-state index contributed by atoms with van der Waals surface area (Å²) in [4.78, 5) is 19.1. The molecule has 0 radical (unpaired) electrons. The standard InChI is InChI=1S/C15H21N5O3S/c1-10-9-12(13-11(2)17-18(3)14(13)16-10)15(21)19-5-7-20(8-6-19)24(4,22)23/h9H,5-8H2,1-4H3. The number of nitrogens with zero attached hydrogens (tertiary/aromatic N) is 5. The number of pyridine rings is 1. The quantitative estimate of drug-likeness (QED) is 0.777. The fourth-order valence-corrected chi connectivity index (χ4v) is 3.96. The van der Waals surface area contributed by atoms with Crippen molar-refractivity contribution < 1.29 is 13.2 Å². The Bertz CT molecular complexity index is 911. The Balaban J connectivity index is 1.93. The van der Waals surface area contributed by atoms with Crippen LogP contribution in [0.2, 0.25) is 0 Å². The van der Waals surface area contributed by atoms with Crippen molar-refractivity contribution in [2.45, 2.75) is 13.8 Å². The van der Waals surface area contributed by atoms with Gasteiger partial charge in [0.2, 0.25) is 10.0 Å². The molecule has 0 aromatic carbocycles. The minimum absolute atomic E-state index is 0.102. The van der Waals surface area contributed by atoms with Gasteiger partial charge in [-0.3, -0.25) is 9.48 Å². The highest BCUT2D eigenvalue weighted by Gasteiger charge is 2.28. The van der Waals surface area contributed by atoms with Crippen LogP contribution in [0.15, 0.2) is 6.07 Å². The van der Waals surface area contributed by atoms with E-state index in [0.29, 0.717) is 37.4 Å². The molecule has 0 aliphatic carbocycles. The third kappa shape index (κ3) is 2.89. The summed E-state index contributed by atoms with van der Waals surface area (Å²) in [5.41, 5.74) is 2.78. The summed E-state index contributed by atoms with van der Waals surface area (Å²) in [5.74, 6) is -0.102. The maximum Gasteiger partial charge on any atom is 0.254 e. The second kappa shape index (κ2) is 5.82. The maximum absolute atomic E-state index is 13.0. The van der Waals surface area contributed by atoms with E-state index in [2.05, 4.69) is 10.1 Å². The van der Waals surface area contributed by atoms with E-state index < -0.39 is 10.0 Å². The summed E-state index contributed by atoms with van der Waals surface area (Å²) in [7, 11) is -1.41. The largest absolute Gasteiger partial charge is 0.336 e. The molecular formula is C15H21N5O3S. The zero-order chi connectivity index (χ0) is 17.6. The molecule has 0 atom stereocenters. The molecule has 0 bridgehead atoms. The Morgan fingerprint density at radius 1 is 1.17 bits per heavy atom. The van der Waals surface area contributed by atoms with Crippen molar-refractivity contribution in [3.05, 3.63) is 23.0 Å². The molecule has 1 aliphatic heterocycles. The first-order valence-corrected chi connectivity index (χ1v) is 9.58. The van der Waals surface area contributed by atoms with Crippen molar-refractivity contribution >= 4 is 27.0 Å². The SMILES string of the molecule is Cc1cc(C(=O)N2CCN(S(C)(=O)=O)CC2)c2c(C)nn(C)c2n1. The second-order valence-electron chi connectivity index (χ2n) is 6.17. The molecule has 0 N–H and O–H groups in total. The third-order valence-corrected chi connectivity index (χ3v) is 5.63. The van der Waals surface area contributed by atoms with Crippen LogP contribution in [-0.4, -0.2) is 70.7 Å².